The largest absolute Gasteiger partial charge is 0.305 e. The molecule has 1 heterocycles. The van der Waals surface area contributed by atoms with Crippen LogP contribution in [0.15, 0.2) is 42.5 Å². The maximum Gasteiger partial charge on any atom is 0.0320 e. The van der Waals surface area contributed by atoms with Gasteiger partial charge in [-0.1, -0.05) is 44.2 Å². The number of nitrogens with one attached hydrogen (secondary N) is 1. The Morgan fingerprint density at radius 1 is 1.00 bits per heavy atom. The van der Waals surface area contributed by atoms with Crippen LogP contribution in [0.25, 0.3) is 0 Å². The Bertz CT molecular complexity index is 461. The Balaban J connectivity index is 1.95. The average molecular weight is 259 g/mol. The molecule has 2 rings (SSSR count). The highest BCUT2D eigenvalue weighted by atomic mass is 32.1. The highest BCUT2D eigenvalue weighted by Gasteiger charge is 2.08. The summed E-state index contributed by atoms with van der Waals surface area (Å²) in [7, 11) is 0. The summed E-state index contributed by atoms with van der Waals surface area (Å²) in [6.07, 6.45) is 2.26. The van der Waals surface area contributed by atoms with Gasteiger partial charge in [-0.15, -0.1) is 11.3 Å². The third-order valence-electron chi connectivity index (χ3n) is 3.20. The minimum atomic E-state index is 0.457. The van der Waals surface area contributed by atoms with Crippen molar-refractivity contribution in [1.29, 1.82) is 0 Å². The third-order valence-corrected chi connectivity index (χ3v) is 4.43. The normalized spacial score (nSPS) is 12.6. The monoisotopic (exact) mass is 259 g/mol. The van der Waals surface area contributed by atoms with Gasteiger partial charge in [0.25, 0.3) is 0 Å². The van der Waals surface area contributed by atoms with E-state index in [1.165, 1.54) is 15.3 Å². The van der Waals surface area contributed by atoms with Crippen molar-refractivity contribution in [2.75, 3.05) is 0 Å². The standard InChI is InChI=1S/C16H21NS/c1-3-14-10-11-15(18-14)12-17-16(4-2)13-8-6-5-7-9-13/h5-11,16-17H,3-4,12H2,1-2H3. The first kappa shape index (κ1) is 13.3. The second kappa shape index (κ2) is 6.72. The molecule has 0 aliphatic heterocycles. The maximum atomic E-state index is 3.65. The van der Waals surface area contributed by atoms with Gasteiger partial charge in [-0.25, -0.2) is 0 Å². The highest BCUT2D eigenvalue weighted by molar-refractivity contribution is 7.11. The lowest BCUT2D eigenvalue weighted by atomic mass is 10.0. The molecule has 96 valence electrons. The van der Waals surface area contributed by atoms with Gasteiger partial charge in [0.15, 0.2) is 0 Å². The van der Waals surface area contributed by atoms with Crippen LogP contribution < -0.4 is 5.32 Å². The lowest BCUT2D eigenvalue weighted by Gasteiger charge is -2.16. The fourth-order valence-corrected chi connectivity index (χ4v) is 3.02. The summed E-state index contributed by atoms with van der Waals surface area (Å²) < 4.78 is 0. The van der Waals surface area contributed by atoms with Crippen molar-refractivity contribution in [2.24, 2.45) is 0 Å². The lowest BCUT2D eigenvalue weighted by molar-refractivity contribution is 0.522. The minimum absolute atomic E-state index is 0.457. The predicted molar refractivity (Wildman–Crippen MR) is 80.0 cm³/mol. The summed E-state index contributed by atoms with van der Waals surface area (Å²) in [5, 5.41) is 3.65. The lowest BCUT2D eigenvalue weighted by Crippen LogP contribution is -2.19. The van der Waals surface area contributed by atoms with Crippen molar-refractivity contribution in [3.63, 3.8) is 0 Å². The summed E-state index contributed by atoms with van der Waals surface area (Å²) in [6, 6.07) is 15.6. The molecule has 1 aromatic heterocycles. The summed E-state index contributed by atoms with van der Waals surface area (Å²) in [5.41, 5.74) is 1.38. The van der Waals surface area contributed by atoms with Crippen molar-refractivity contribution in [1.82, 2.24) is 5.32 Å². The topological polar surface area (TPSA) is 12.0 Å². The number of hydrogen-bond acceptors (Lipinski definition) is 2. The maximum absolute atomic E-state index is 3.65. The Kier molecular flexibility index (Phi) is 4.97. The average Bonchev–Trinajstić information content (AvgIpc) is 2.89. The molecule has 1 nitrogen and oxygen atoms in total. The van der Waals surface area contributed by atoms with Crippen molar-refractivity contribution >= 4 is 11.3 Å². The Morgan fingerprint density at radius 3 is 2.33 bits per heavy atom. The first-order valence-electron chi connectivity index (χ1n) is 6.69. The molecule has 0 aliphatic carbocycles. The molecule has 0 aliphatic rings. The Hall–Kier alpha value is -1.12. The zero-order chi connectivity index (χ0) is 12.8. The van der Waals surface area contributed by atoms with E-state index in [0.29, 0.717) is 6.04 Å². The fraction of sp³-hybridized carbons (Fsp3) is 0.375. The number of benzene rings is 1. The molecule has 0 radical (unpaired) electrons. The molecule has 0 amide bonds. The molecule has 1 aromatic carbocycles. The van der Waals surface area contributed by atoms with Crippen LogP contribution in [0.2, 0.25) is 0 Å². The molecule has 0 fully saturated rings. The molecule has 0 saturated carbocycles. The van der Waals surface area contributed by atoms with Gasteiger partial charge in [0.05, 0.1) is 0 Å². The first-order valence-corrected chi connectivity index (χ1v) is 7.51. The van der Waals surface area contributed by atoms with E-state index in [0.717, 1.165) is 19.4 Å². The zero-order valence-electron chi connectivity index (χ0n) is 11.1. The highest BCUT2D eigenvalue weighted by Crippen LogP contribution is 2.20. The molecular formula is C16H21NS. The van der Waals surface area contributed by atoms with E-state index < -0.39 is 0 Å². The number of hydrogen-bond donors (Lipinski definition) is 1. The Morgan fingerprint density at radius 2 is 1.72 bits per heavy atom. The van der Waals surface area contributed by atoms with Gasteiger partial charge in [-0.2, -0.15) is 0 Å². The molecule has 18 heavy (non-hydrogen) atoms. The Labute approximate surface area is 114 Å². The van der Waals surface area contributed by atoms with Crippen LogP contribution in [0.5, 0.6) is 0 Å². The number of aryl methyl sites for hydroxylation is 1. The summed E-state index contributed by atoms with van der Waals surface area (Å²) in [4.78, 5) is 2.90. The van der Waals surface area contributed by atoms with Crippen LogP contribution in [0, 0.1) is 0 Å². The smallest absolute Gasteiger partial charge is 0.0320 e. The molecule has 0 bridgehead atoms. The van der Waals surface area contributed by atoms with Crippen molar-refractivity contribution in [3.05, 3.63) is 57.8 Å². The van der Waals surface area contributed by atoms with E-state index >= 15 is 0 Å². The second-order valence-corrected chi connectivity index (χ2v) is 5.73. The van der Waals surface area contributed by atoms with Crippen LogP contribution >= 0.6 is 11.3 Å². The SMILES string of the molecule is CCc1ccc(CNC(CC)c2ccccc2)s1. The number of rotatable bonds is 6. The van der Waals surface area contributed by atoms with Crippen LogP contribution in [-0.2, 0) is 13.0 Å². The van der Waals surface area contributed by atoms with Gasteiger partial charge in [-0.3, -0.25) is 0 Å². The van der Waals surface area contributed by atoms with E-state index in [1.54, 1.807) is 0 Å². The predicted octanol–water partition coefficient (Wildman–Crippen LogP) is 4.55. The van der Waals surface area contributed by atoms with Gasteiger partial charge in [0.2, 0.25) is 0 Å². The summed E-state index contributed by atoms with van der Waals surface area (Å²) in [6.45, 7) is 5.41. The van der Waals surface area contributed by atoms with Crippen molar-refractivity contribution in [3.8, 4) is 0 Å². The summed E-state index contributed by atoms with van der Waals surface area (Å²) in [5.74, 6) is 0. The van der Waals surface area contributed by atoms with Gasteiger partial charge < -0.3 is 5.32 Å². The quantitative estimate of drug-likeness (QED) is 0.802. The van der Waals surface area contributed by atoms with Gasteiger partial charge in [0.1, 0.15) is 0 Å². The summed E-state index contributed by atoms with van der Waals surface area (Å²) >= 11 is 1.92. The van der Waals surface area contributed by atoms with E-state index in [4.69, 9.17) is 0 Å². The van der Waals surface area contributed by atoms with E-state index in [2.05, 4.69) is 61.6 Å². The molecule has 1 unspecified atom stereocenters. The van der Waals surface area contributed by atoms with Crippen LogP contribution in [0.3, 0.4) is 0 Å². The van der Waals surface area contributed by atoms with Gasteiger partial charge >= 0.3 is 0 Å². The molecule has 2 aromatic rings. The molecule has 0 spiro atoms. The van der Waals surface area contributed by atoms with Crippen LogP contribution in [0.1, 0.15) is 41.6 Å². The van der Waals surface area contributed by atoms with Crippen LogP contribution in [-0.4, -0.2) is 0 Å². The zero-order valence-corrected chi connectivity index (χ0v) is 12.0. The molecule has 1 N–H and O–H groups in total. The van der Waals surface area contributed by atoms with Gasteiger partial charge in [0, 0.05) is 22.3 Å². The second-order valence-electron chi connectivity index (χ2n) is 4.47. The molecule has 1 atom stereocenters. The first-order chi connectivity index (χ1) is 8.83. The number of thiophene rings is 1. The fourth-order valence-electron chi connectivity index (χ4n) is 2.11. The minimum Gasteiger partial charge on any atom is -0.305 e. The third kappa shape index (κ3) is 3.44. The molecule has 0 saturated heterocycles. The van der Waals surface area contributed by atoms with Crippen LogP contribution in [0.4, 0.5) is 0 Å². The van der Waals surface area contributed by atoms with E-state index in [9.17, 15) is 0 Å². The van der Waals surface area contributed by atoms with E-state index in [1.807, 2.05) is 11.3 Å². The van der Waals surface area contributed by atoms with Gasteiger partial charge in [-0.05, 0) is 30.5 Å². The van der Waals surface area contributed by atoms with E-state index in [-0.39, 0.29) is 0 Å². The van der Waals surface area contributed by atoms with Crippen molar-refractivity contribution in [2.45, 2.75) is 39.3 Å². The molecular weight excluding hydrogens is 238 g/mol. The van der Waals surface area contributed by atoms with Crippen molar-refractivity contribution < 1.29 is 0 Å². The molecule has 2 heteroatoms.